The first-order chi connectivity index (χ1) is 12.2. The minimum Gasteiger partial charge on any atom is -0.497 e. The fraction of sp³-hybridized carbons (Fsp3) is 0.278. The SMILES string of the molecule is CN=C(NCc1cc(C)cc(OC)c1)NCc1nnc2ccccn12.I. The van der Waals surface area contributed by atoms with Crippen molar-refractivity contribution >= 4 is 35.6 Å². The Morgan fingerprint density at radius 1 is 1.15 bits per heavy atom. The average Bonchev–Trinajstić information content (AvgIpc) is 3.04. The van der Waals surface area contributed by atoms with Crippen LogP contribution < -0.4 is 15.4 Å². The van der Waals surface area contributed by atoms with Gasteiger partial charge in [0.15, 0.2) is 17.4 Å². The molecular weight excluding hydrogens is 443 g/mol. The van der Waals surface area contributed by atoms with Gasteiger partial charge in [0.1, 0.15) is 5.75 Å². The number of hydrogen-bond acceptors (Lipinski definition) is 4. The lowest BCUT2D eigenvalue weighted by Gasteiger charge is -2.12. The molecule has 0 saturated heterocycles. The number of halogens is 1. The van der Waals surface area contributed by atoms with Crippen molar-refractivity contribution in [3.8, 4) is 5.75 Å². The van der Waals surface area contributed by atoms with Crippen LogP contribution in [0.1, 0.15) is 17.0 Å². The van der Waals surface area contributed by atoms with Gasteiger partial charge < -0.3 is 15.4 Å². The summed E-state index contributed by atoms with van der Waals surface area (Å²) in [6.45, 7) is 3.23. The molecule has 3 rings (SSSR count). The summed E-state index contributed by atoms with van der Waals surface area (Å²) in [6, 6.07) is 12.0. The van der Waals surface area contributed by atoms with Crippen LogP contribution in [-0.4, -0.2) is 34.7 Å². The van der Waals surface area contributed by atoms with E-state index in [2.05, 4.69) is 38.8 Å². The van der Waals surface area contributed by atoms with Gasteiger partial charge in [0.25, 0.3) is 0 Å². The van der Waals surface area contributed by atoms with Gasteiger partial charge in [0, 0.05) is 19.8 Å². The Morgan fingerprint density at radius 2 is 1.96 bits per heavy atom. The third kappa shape index (κ3) is 4.84. The first-order valence-electron chi connectivity index (χ1n) is 8.07. The van der Waals surface area contributed by atoms with Crippen LogP contribution in [0.5, 0.6) is 5.75 Å². The second-order valence-electron chi connectivity index (χ2n) is 5.68. The van der Waals surface area contributed by atoms with Crippen molar-refractivity contribution in [1.29, 1.82) is 0 Å². The molecule has 2 heterocycles. The van der Waals surface area contributed by atoms with Crippen LogP contribution in [0.25, 0.3) is 5.65 Å². The van der Waals surface area contributed by atoms with E-state index in [9.17, 15) is 0 Å². The zero-order valence-corrected chi connectivity index (χ0v) is 17.4. The molecule has 0 atom stereocenters. The van der Waals surface area contributed by atoms with Crippen LogP contribution in [0.4, 0.5) is 0 Å². The van der Waals surface area contributed by atoms with Gasteiger partial charge in [-0.3, -0.25) is 9.39 Å². The number of nitrogens with zero attached hydrogens (tertiary/aromatic N) is 4. The molecule has 0 saturated carbocycles. The lowest BCUT2D eigenvalue weighted by atomic mass is 10.1. The average molecular weight is 466 g/mol. The second kappa shape index (κ2) is 9.37. The molecule has 2 aromatic heterocycles. The van der Waals surface area contributed by atoms with Crippen LogP contribution in [-0.2, 0) is 13.1 Å². The zero-order valence-electron chi connectivity index (χ0n) is 15.1. The Bertz CT molecular complexity index is 892. The molecule has 7 nitrogen and oxygen atoms in total. The number of benzene rings is 1. The Balaban J connectivity index is 0.00000243. The summed E-state index contributed by atoms with van der Waals surface area (Å²) in [5.74, 6) is 2.39. The summed E-state index contributed by atoms with van der Waals surface area (Å²) in [5.41, 5.74) is 3.12. The van der Waals surface area contributed by atoms with Crippen molar-refractivity contribution < 1.29 is 4.74 Å². The third-order valence-electron chi connectivity index (χ3n) is 3.83. The molecule has 1 aromatic carbocycles. The summed E-state index contributed by atoms with van der Waals surface area (Å²) in [6.07, 6.45) is 1.95. The highest BCUT2D eigenvalue weighted by Crippen LogP contribution is 2.16. The van der Waals surface area contributed by atoms with Crippen molar-refractivity contribution in [3.05, 3.63) is 59.5 Å². The quantitative estimate of drug-likeness (QED) is 0.344. The normalized spacial score (nSPS) is 11.1. The molecule has 3 aromatic rings. The van der Waals surface area contributed by atoms with E-state index in [-0.39, 0.29) is 24.0 Å². The van der Waals surface area contributed by atoms with E-state index in [0.29, 0.717) is 19.0 Å². The van der Waals surface area contributed by atoms with Gasteiger partial charge in [0.2, 0.25) is 0 Å². The van der Waals surface area contributed by atoms with E-state index in [4.69, 9.17) is 4.74 Å². The molecule has 0 bridgehead atoms. The van der Waals surface area contributed by atoms with E-state index in [1.807, 2.05) is 40.9 Å². The molecule has 26 heavy (non-hydrogen) atoms. The molecule has 0 aliphatic carbocycles. The predicted molar refractivity (Wildman–Crippen MR) is 113 cm³/mol. The molecule has 0 amide bonds. The molecular formula is C18H23IN6O. The Labute approximate surface area is 169 Å². The number of rotatable bonds is 5. The Kier molecular flexibility index (Phi) is 7.19. The number of fused-ring (bicyclic) bond motifs is 1. The van der Waals surface area contributed by atoms with Gasteiger partial charge >= 0.3 is 0 Å². The fourth-order valence-corrected chi connectivity index (χ4v) is 2.63. The van der Waals surface area contributed by atoms with Crippen molar-refractivity contribution in [3.63, 3.8) is 0 Å². The fourth-order valence-electron chi connectivity index (χ4n) is 2.63. The number of nitrogens with one attached hydrogen (secondary N) is 2. The van der Waals surface area contributed by atoms with Crippen LogP contribution in [0, 0.1) is 6.92 Å². The number of aromatic nitrogens is 3. The highest BCUT2D eigenvalue weighted by Gasteiger charge is 2.06. The maximum absolute atomic E-state index is 5.31. The van der Waals surface area contributed by atoms with Gasteiger partial charge in [-0.15, -0.1) is 34.2 Å². The number of aryl methyl sites for hydroxylation is 1. The first kappa shape index (κ1) is 20.0. The van der Waals surface area contributed by atoms with E-state index < -0.39 is 0 Å². The summed E-state index contributed by atoms with van der Waals surface area (Å²) < 4.78 is 7.26. The van der Waals surface area contributed by atoms with Crippen molar-refractivity contribution in [2.75, 3.05) is 14.2 Å². The number of hydrogen-bond donors (Lipinski definition) is 2. The molecule has 138 valence electrons. The first-order valence-corrected chi connectivity index (χ1v) is 8.07. The zero-order chi connectivity index (χ0) is 17.6. The highest BCUT2D eigenvalue weighted by molar-refractivity contribution is 14.0. The minimum atomic E-state index is 0. The molecule has 0 spiro atoms. The van der Waals surface area contributed by atoms with E-state index >= 15 is 0 Å². The van der Waals surface area contributed by atoms with Crippen LogP contribution in [0.2, 0.25) is 0 Å². The minimum absolute atomic E-state index is 0. The number of pyridine rings is 1. The van der Waals surface area contributed by atoms with Crippen molar-refractivity contribution in [2.24, 2.45) is 4.99 Å². The van der Waals surface area contributed by atoms with Crippen molar-refractivity contribution in [1.82, 2.24) is 25.2 Å². The summed E-state index contributed by atoms with van der Waals surface area (Å²) in [7, 11) is 3.42. The number of ether oxygens (including phenoxy) is 1. The second-order valence-corrected chi connectivity index (χ2v) is 5.68. The van der Waals surface area contributed by atoms with Crippen LogP contribution in [0.3, 0.4) is 0 Å². The summed E-state index contributed by atoms with van der Waals surface area (Å²) in [4.78, 5) is 4.25. The smallest absolute Gasteiger partial charge is 0.191 e. The largest absolute Gasteiger partial charge is 0.497 e. The van der Waals surface area contributed by atoms with Gasteiger partial charge in [-0.05, 0) is 42.3 Å². The molecule has 0 fully saturated rings. The van der Waals surface area contributed by atoms with Crippen molar-refractivity contribution in [2.45, 2.75) is 20.0 Å². The topological polar surface area (TPSA) is 75.8 Å². The maximum Gasteiger partial charge on any atom is 0.191 e. The van der Waals surface area contributed by atoms with Crippen LogP contribution in [0.15, 0.2) is 47.6 Å². The van der Waals surface area contributed by atoms with Gasteiger partial charge in [-0.2, -0.15) is 0 Å². The predicted octanol–water partition coefficient (Wildman–Crippen LogP) is 2.53. The number of methoxy groups -OCH3 is 1. The Hall–Kier alpha value is -2.36. The summed E-state index contributed by atoms with van der Waals surface area (Å²) >= 11 is 0. The van der Waals surface area contributed by atoms with Gasteiger partial charge in [-0.25, -0.2) is 0 Å². The highest BCUT2D eigenvalue weighted by atomic mass is 127. The maximum atomic E-state index is 5.31. The molecule has 0 unspecified atom stereocenters. The molecule has 2 N–H and O–H groups in total. The number of aliphatic imine (C=N–C) groups is 1. The standard InChI is InChI=1S/C18H22N6O.HI/c1-13-8-14(10-15(9-13)25-3)11-20-18(19-2)21-12-17-23-22-16-6-4-5-7-24(16)17;/h4-10H,11-12H2,1-3H3,(H2,19,20,21);1H. The van der Waals surface area contributed by atoms with E-state index in [1.165, 1.54) is 0 Å². The van der Waals surface area contributed by atoms with Gasteiger partial charge in [-0.1, -0.05) is 12.1 Å². The van der Waals surface area contributed by atoms with E-state index in [0.717, 1.165) is 28.3 Å². The monoisotopic (exact) mass is 466 g/mol. The third-order valence-corrected chi connectivity index (χ3v) is 3.83. The lowest BCUT2D eigenvalue weighted by molar-refractivity contribution is 0.414. The van der Waals surface area contributed by atoms with Crippen LogP contribution >= 0.6 is 24.0 Å². The summed E-state index contributed by atoms with van der Waals surface area (Å²) in [5, 5.41) is 14.9. The molecule has 0 aliphatic rings. The lowest BCUT2D eigenvalue weighted by Crippen LogP contribution is -2.36. The van der Waals surface area contributed by atoms with E-state index in [1.54, 1.807) is 14.2 Å². The molecule has 8 heteroatoms. The van der Waals surface area contributed by atoms with Gasteiger partial charge in [0.05, 0.1) is 13.7 Å². The molecule has 0 radical (unpaired) electrons. The number of guanidine groups is 1. The Morgan fingerprint density at radius 3 is 2.73 bits per heavy atom. The molecule has 0 aliphatic heterocycles.